The average Bonchev–Trinajstić information content (AvgIpc) is 2.85. The smallest absolute Gasteiger partial charge is 0.255 e. The van der Waals surface area contributed by atoms with E-state index in [9.17, 15) is 10.1 Å². The number of amidine groups is 1. The number of thioether (sulfide) groups is 1. The number of nitrogens with one attached hydrogen (secondary N) is 3. The molecule has 1 aliphatic heterocycles. The fourth-order valence-corrected chi connectivity index (χ4v) is 4.93. The Bertz CT molecular complexity index is 1330. The number of benzene rings is 2. The van der Waals surface area contributed by atoms with Crippen LogP contribution in [0.3, 0.4) is 0 Å². The number of carbonyl (C=O) groups excluding carboxylic acids is 1. The maximum absolute atomic E-state index is 13.3. The molecule has 0 unspecified atom stereocenters. The van der Waals surface area contributed by atoms with Gasteiger partial charge in [0, 0.05) is 23.6 Å². The van der Waals surface area contributed by atoms with E-state index < -0.39 is 6.04 Å². The van der Waals surface area contributed by atoms with Gasteiger partial charge in [-0.25, -0.2) is 9.98 Å². The molecule has 0 saturated carbocycles. The van der Waals surface area contributed by atoms with Crippen molar-refractivity contribution in [1.82, 2.24) is 15.6 Å². The van der Waals surface area contributed by atoms with Crippen LogP contribution in [0.15, 0.2) is 88.0 Å². The summed E-state index contributed by atoms with van der Waals surface area (Å²) in [6, 6.07) is 22.8. The zero-order valence-electron chi connectivity index (χ0n) is 19.8. The van der Waals surface area contributed by atoms with E-state index >= 15 is 0 Å². The fourth-order valence-electron chi connectivity index (χ4n) is 3.91. The average molecular weight is 483 g/mol. The number of carbonyl (C=O) groups is 1. The second-order valence-corrected chi connectivity index (χ2v) is 9.06. The summed E-state index contributed by atoms with van der Waals surface area (Å²) in [5.41, 5.74) is 5.08. The molecule has 176 valence electrons. The lowest BCUT2D eigenvalue weighted by atomic mass is 9.96. The molecule has 8 heteroatoms. The highest BCUT2D eigenvalue weighted by Gasteiger charge is 2.30. The van der Waals surface area contributed by atoms with E-state index in [2.05, 4.69) is 27.0 Å². The van der Waals surface area contributed by atoms with Crippen LogP contribution in [0.4, 0.5) is 5.69 Å². The number of rotatable bonds is 6. The van der Waals surface area contributed by atoms with Gasteiger partial charge in [-0.3, -0.25) is 4.79 Å². The van der Waals surface area contributed by atoms with E-state index in [-0.39, 0.29) is 5.91 Å². The number of anilines is 1. The number of amides is 1. The Morgan fingerprint density at radius 1 is 1.11 bits per heavy atom. The van der Waals surface area contributed by atoms with E-state index in [0.717, 1.165) is 16.8 Å². The molecule has 1 atom stereocenters. The zero-order valence-corrected chi connectivity index (χ0v) is 20.6. The van der Waals surface area contributed by atoms with Crippen LogP contribution < -0.4 is 16.0 Å². The van der Waals surface area contributed by atoms with Crippen LogP contribution in [0.5, 0.6) is 0 Å². The van der Waals surface area contributed by atoms with Gasteiger partial charge in [-0.05, 0) is 62.0 Å². The SMILES string of the molecule is CNCc1cc(C)nc(SC2=N[C@H](c3ccccc3)C(C(=O)Nc3ccccc3)=C(C)N2)c1C#N. The molecule has 2 heterocycles. The Hall–Kier alpha value is -3.93. The number of aromatic nitrogens is 1. The summed E-state index contributed by atoms with van der Waals surface area (Å²) in [6.45, 7) is 4.34. The third-order valence-corrected chi connectivity index (χ3v) is 6.37. The quantitative estimate of drug-likeness (QED) is 0.471. The van der Waals surface area contributed by atoms with Crippen LogP contribution in [-0.2, 0) is 11.3 Å². The highest BCUT2D eigenvalue weighted by atomic mass is 32.2. The lowest BCUT2D eigenvalue weighted by Crippen LogP contribution is -2.32. The minimum atomic E-state index is -0.504. The molecule has 35 heavy (non-hydrogen) atoms. The summed E-state index contributed by atoms with van der Waals surface area (Å²) in [7, 11) is 1.84. The Morgan fingerprint density at radius 3 is 2.46 bits per heavy atom. The van der Waals surface area contributed by atoms with Crippen molar-refractivity contribution >= 4 is 28.5 Å². The molecule has 2 aromatic carbocycles. The number of allylic oxidation sites excluding steroid dienone is 1. The van der Waals surface area contributed by atoms with Crippen LogP contribution in [0.2, 0.25) is 0 Å². The molecule has 1 amide bonds. The largest absolute Gasteiger partial charge is 0.338 e. The topological polar surface area (TPSA) is 102 Å². The van der Waals surface area contributed by atoms with Gasteiger partial charge >= 0.3 is 0 Å². The standard InChI is InChI=1S/C27H26N6OS/c1-17-14-20(16-29-3)22(15-28)26(30-17)35-27-31-18(2)23(24(33-27)19-10-6-4-7-11-19)25(34)32-21-12-8-5-9-13-21/h4-14,24,29H,16H2,1-3H3,(H,31,33)(H,32,34)/t24-/m1/s1. The molecular formula is C27H26N6OS. The Balaban J connectivity index is 1.70. The summed E-state index contributed by atoms with van der Waals surface area (Å²) in [5, 5.41) is 20.3. The Labute approximate surface area is 209 Å². The van der Waals surface area contributed by atoms with Gasteiger partial charge in [0.25, 0.3) is 5.91 Å². The predicted molar refractivity (Wildman–Crippen MR) is 140 cm³/mol. The number of aryl methyl sites for hydroxylation is 1. The van der Waals surface area contributed by atoms with Crippen molar-refractivity contribution < 1.29 is 4.79 Å². The summed E-state index contributed by atoms with van der Waals surface area (Å²) >= 11 is 1.30. The van der Waals surface area contributed by atoms with Crippen molar-refractivity contribution in [2.75, 3.05) is 12.4 Å². The minimum Gasteiger partial charge on any atom is -0.338 e. The van der Waals surface area contributed by atoms with Crippen molar-refractivity contribution in [2.45, 2.75) is 31.5 Å². The van der Waals surface area contributed by atoms with E-state index in [0.29, 0.717) is 39.3 Å². The number of nitriles is 1. The van der Waals surface area contributed by atoms with Gasteiger partial charge in [0.1, 0.15) is 17.1 Å². The van der Waals surface area contributed by atoms with Gasteiger partial charge in [0.05, 0.1) is 11.1 Å². The maximum atomic E-state index is 13.3. The van der Waals surface area contributed by atoms with E-state index in [1.807, 2.05) is 87.6 Å². The highest BCUT2D eigenvalue weighted by molar-refractivity contribution is 8.13. The molecule has 7 nitrogen and oxygen atoms in total. The van der Waals surface area contributed by atoms with Crippen molar-refractivity contribution in [3.8, 4) is 6.07 Å². The van der Waals surface area contributed by atoms with Crippen LogP contribution >= 0.6 is 11.8 Å². The van der Waals surface area contributed by atoms with Crippen LogP contribution in [0, 0.1) is 18.3 Å². The van der Waals surface area contributed by atoms with Gasteiger partial charge in [-0.1, -0.05) is 48.5 Å². The van der Waals surface area contributed by atoms with Crippen molar-refractivity contribution in [3.05, 3.63) is 100 Å². The van der Waals surface area contributed by atoms with E-state index in [1.165, 1.54) is 11.8 Å². The molecule has 1 aromatic heterocycles. The zero-order chi connectivity index (χ0) is 24.8. The van der Waals surface area contributed by atoms with Crippen LogP contribution in [-0.4, -0.2) is 23.1 Å². The van der Waals surface area contributed by atoms with Crippen molar-refractivity contribution in [2.24, 2.45) is 4.99 Å². The predicted octanol–water partition coefficient (Wildman–Crippen LogP) is 4.69. The van der Waals surface area contributed by atoms with E-state index in [1.54, 1.807) is 0 Å². The van der Waals surface area contributed by atoms with Gasteiger partial charge < -0.3 is 16.0 Å². The van der Waals surface area contributed by atoms with Gasteiger partial charge in [0.15, 0.2) is 5.17 Å². The molecule has 0 fully saturated rings. The van der Waals surface area contributed by atoms with Crippen molar-refractivity contribution in [1.29, 1.82) is 5.26 Å². The minimum absolute atomic E-state index is 0.217. The second-order valence-electron chi connectivity index (χ2n) is 8.08. The lowest BCUT2D eigenvalue weighted by Gasteiger charge is -2.26. The molecule has 0 saturated heterocycles. The highest BCUT2D eigenvalue weighted by Crippen LogP contribution is 2.35. The number of para-hydroxylation sites is 1. The third kappa shape index (κ3) is 5.60. The summed E-state index contributed by atoms with van der Waals surface area (Å²) < 4.78 is 0. The first-order chi connectivity index (χ1) is 17.0. The van der Waals surface area contributed by atoms with Crippen molar-refractivity contribution in [3.63, 3.8) is 0 Å². The number of hydrogen-bond acceptors (Lipinski definition) is 7. The first-order valence-corrected chi connectivity index (χ1v) is 12.0. The summed E-state index contributed by atoms with van der Waals surface area (Å²) in [6.07, 6.45) is 0. The van der Waals surface area contributed by atoms with Crippen LogP contribution in [0.1, 0.15) is 35.3 Å². The normalized spacial score (nSPS) is 15.1. The Kier molecular flexibility index (Phi) is 7.60. The first-order valence-electron chi connectivity index (χ1n) is 11.2. The molecule has 0 spiro atoms. The molecular weight excluding hydrogens is 456 g/mol. The van der Waals surface area contributed by atoms with Gasteiger partial charge in [-0.2, -0.15) is 5.26 Å². The molecule has 3 N–H and O–H groups in total. The summed E-state index contributed by atoms with van der Waals surface area (Å²) in [5.74, 6) is -0.217. The molecule has 4 rings (SSSR count). The number of pyridine rings is 1. The van der Waals surface area contributed by atoms with Gasteiger partial charge in [0.2, 0.25) is 0 Å². The molecule has 0 radical (unpaired) electrons. The molecule has 0 bridgehead atoms. The maximum Gasteiger partial charge on any atom is 0.255 e. The monoisotopic (exact) mass is 482 g/mol. The third-order valence-electron chi connectivity index (χ3n) is 5.48. The number of hydrogen-bond donors (Lipinski definition) is 3. The number of aliphatic imine (C=N–C) groups is 1. The molecule has 0 aliphatic carbocycles. The fraction of sp³-hybridized carbons (Fsp3) is 0.185. The molecule has 1 aliphatic rings. The summed E-state index contributed by atoms with van der Waals surface area (Å²) in [4.78, 5) is 22.9. The second kappa shape index (κ2) is 11.0. The molecule has 3 aromatic rings. The van der Waals surface area contributed by atoms with E-state index in [4.69, 9.17) is 4.99 Å². The number of nitrogens with zero attached hydrogens (tertiary/aromatic N) is 3. The van der Waals surface area contributed by atoms with Crippen LogP contribution in [0.25, 0.3) is 0 Å². The first kappa shape index (κ1) is 24.2. The Morgan fingerprint density at radius 2 is 1.80 bits per heavy atom. The van der Waals surface area contributed by atoms with Gasteiger partial charge in [-0.15, -0.1) is 0 Å². The lowest BCUT2D eigenvalue weighted by molar-refractivity contribution is -0.113.